The number of nitriles is 1. The zero-order chi connectivity index (χ0) is 19.8. The molecule has 1 fully saturated rings. The van der Waals surface area contributed by atoms with Gasteiger partial charge in [0.15, 0.2) is 17.0 Å². The third kappa shape index (κ3) is 3.17. The summed E-state index contributed by atoms with van der Waals surface area (Å²) < 4.78 is 45.9. The van der Waals surface area contributed by atoms with E-state index < -0.39 is 46.5 Å². The second kappa shape index (κ2) is 7.05. The Labute approximate surface area is 155 Å². The molecule has 27 heavy (non-hydrogen) atoms. The summed E-state index contributed by atoms with van der Waals surface area (Å²) in [5.74, 6) is -2.62. The van der Waals surface area contributed by atoms with Crippen molar-refractivity contribution in [1.82, 2.24) is 14.5 Å². The molecule has 2 N–H and O–H groups in total. The predicted molar refractivity (Wildman–Crippen MR) is 92.7 cm³/mol. The number of anilines is 1. The predicted octanol–water partition coefficient (Wildman–Crippen LogP) is 1.35. The van der Waals surface area contributed by atoms with Gasteiger partial charge in [-0.2, -0.15) is 9.65 Å². The number of hydrogen-bond donors (Lipinski definition) is 2. The van der Waals surface area contributed by atoms with Crippen LogP contribution >= 0.6 is 0 Å². The van der Waals surface area contributed by atoms with Crippen LogP contribution in [-0.4, -0.2) is 39.0 Å². The van der Waals surface area contributed by atoms with E-state index in [4.69, 9.17) is 0 Å². The van der Waals surface area contributed by atoms with Gasteiger partial charge in [0, 0.05) is 11.8 Å². The second-order valence-corrected chi connectivity index (χ2v) is 7.24. The summed E-state index contributed by atoms with van der Waals surface area (Å²) in [5, 5.41) is 22.9. The summed E-state index contributed by atoms with van der Waals surface area (Å²) in [7, 11) is 1.33. The van der Waals surface area contributed by atoms with E-state index in [0.717, 1.165) is 16.4 Å². The minimum absolute atomic E-state index is 0.212. The molecule has 0 spiro atoms. The van der Waals surface area contributed by atoms with Gasteiger partial charge in [0.2, 0.25) is 5.95 Å². The highest BCUT2D eigenvalue weighted by Crippen LogP contribution is 2.44. The number of aldehydes is 1. The van der Waals surface area contributed by atoms with Gasteiger partial charge in [-0.25, -0.2) is 18.0 Å². The Balaban J connectivity index is 2.13. The zero-order valence-electron chi connectivity index (χ0n) is 14.1. The number of nitrogens with one attached hydrogen (secondary N) is 1. The molecular weight excluding hydrogens is 380 g/mol. The normalized spacial score (nSPS) is 15.8. The van der Waals surface area contributed by atoms with Crippen molar-refractivity contribution in [2.45, 2.75) is 18.4 Å². The summed E-state index contributed by atoms with van der Waals surface area (Å²) >= 11 is -2.01. The summed E-state index contributed by atoms with van der Waals surface area (Å²) in [6.07, 6.45) is 2.65. The summed E-state index contributed by atoms with van der Waals surface area (Å²) in [4.78, 5) is 10.9. The van der Waals surface area contributed by atoms with E-state index in [2.05, 4.69) is 15.9 Å². The lowest BCUT2D eigenvalue weighted by Crippen LogP contribution is -2.35. The molecule has 1 atom stereocenters. The van der Waals surface area contributed by atoms with Crippen LogP contribution in [0.25, 0.3) is 11.1 Å². The standard InChI is InChI=1S/C16H15F2N5O3S/c1-20-27(26)22(6-7-24)14-12(25)3-2-10(13(14)17)11-8-23(21-15(11)18)16(9-19)4-5-16/h2-3,7-8,20,25H,4-6H2,1H3. The van der Waals surface area contributed by atoms with Crippen LogP contribution in [0.15, 0.2) is 18.3 Å². The number of hydrogen-bond acceptors (Lipinski definition) is 5. The van der Waals surface area contributed by atoms with Crippen molar-refractivity contribution in [2.75, 3.05) is 17.9 Å². The van der Waals surface area contributed by atoms with E-state index >= 15 is 4.39 Å². The van der Waals surface area contributed by atoms with Gasteiger partial charge >= 0.3 is 0 Å². The average molecular weight is 395 g/mol. The van der Waals surface area contributed by atoms with Crippen LogP contribution in [0.3, 0.4) is 0 Å². The van der Waals surface area contributed by atoms with Gasteiger partial charge in [-0.05, 0) is 32.0 Å². The number of halogens is 2. The Bertz CT molecular complexity index is 968. The van der Waals surface area contributed by atoms with Gasteiger partial charge in [-0.1, -0.05) is 0 Å². The molecule has 0 bridgehead atoms. The van der Waals surface area contributed by atoms with Crippen LogP contribution in [0.4, 0.5) is 14.5 Å². The first-order valence-corrected chi connectivity index (χ1v) is 8.98. The SMILES string of the molecule is CNS(=O)N(CC=O)c1c(O)ccc(-c2cn(C3(C#N)CC3)nc2F)c1F. The van der Waals surface area contributed by atoms with E-state index in [1.54, 1.807) is 0 Å². The van der Waals surface area contributed by atoms with Crippen LogP contribution in [0.2, 0.25) is 0 Å². The molecule has 11 heteroatoms. The molecule has 1 unspecified atom stereocenters. The smallest absolute Gasteiger partial charge is 0.240 e. The number of nitrogens with zero attached hydrogens (tertiary/aromatic N) is 4. The van der Waals surface area contributed by atoms with Crippen molar-refractivity contribution in [3.05, 3.63) is 30.1 Å². The molecule has 142 valence electrons. The quantitative estimate of drug-likeness (QED) is 0.688. The lowest BCUT2D eigenvalue weighted by atomic mass is 10.1. The van der Waals surface area contributed by atoms with E-state index in [9.17, 15) is 23.8 Å². The highest BCUT2D eigenvalue weighted by atomic mass is 32.2. The van der Waals surface area contributed by atoms with Crippen molar-refractivity contribution < 1.29 is 22.9 Å². The molecular formula is C16H15F2N5O3S. The Morgan fingerprint density at radius 2 is 2.19 bits per heavy atom. The maximum Gasteiger partial charge on any atom is 0.240 e. The largest absolute Gasteiger partial charge is 0.506 e. The topological polar surface area (TPSA) is 111 Å². The molecule has 0 saturated heterocycles. The highest BCUT2D eigenvalue weighted by Gasteiger charge is 2.47. The molecule has 1 saturated carbocycles. The highest BCUT2D eigenvalue weighted by molar-refractivity contribution is 7.84. The first kappa shape index (κ1) is 18.9. The third-order valence-electron chi connectivity index (χ3n) is 4.29. The van der Waals surface area contributed by atoms with Crippen molar-refractivity contribution in [2.24, 2.45) is 0 Å². The van der Waals surface area contributed by atoms with Crippen LogP contribution in [-0.2, 0) is 21.5 Å². The maximum absolute atomic E-state index is 15.1. The molecule has 1 aliphatic carbocycles. The van der Waals surface area contributed by atoms with Crippen molar-refractivity contribution in [3.63, 3.8) is 0 Å². The molecule has 3 rings (SSSR count). The van der Waals surface area contributed by atoms with E-state index in [-0.39, 0.29) is 11.1 Å². The van der Waals surface area contributed by atoms with Crippen molar-refractivity contribution in [1.29, 1.82) is 5.26 Å². The number of aromatic nitrogens is 2. The molecule has 0 amide bonds. The first-order chi connectivity index (χ1) is 12.9. The van der Waals surface area contributed by atoms with Gasteiger partial charge < -0.3 is 9.90 Å². The van der Waals surface area contributed by atoms with Gasteiger partial charge in [0.25, 0.3) is 0 Å². The lowest BCUT2D eigenvalue weighted by molar-refractivity contribution is -0.106. The number of aromatic hydroxyl groups is 1. The monoisotopic (exact) mass is 395 g/mol. The minimum atomic E-state index is -2.01. The fraction of sp³-hybridized carbons (Fsp3) is 0.312. The minimum Gasteiger partial charge on any atom is -0.506 e. The number of carbonyl (C=O) groups is 1. The lowest BCUT2D eigenvalue weighted by Gasteiger charge is -2.22. The average Bonchev–Trinajstić information content (AvgIpc) is 3.37. The number of phenolic OH excluding ortho intramolecular Hbond substituents is 1. The van der Waals surface area contributed by atoms with Crippen LogP contribution < -0.4 is 9.03 Å². The van der Waals surface area contributed by atoms with E-state index in [1.807, 2.05) is 0 Å². The fourth-order valence-corrected chi connectivity index (χ4v) is 3.44. The first-order valence-electron chi connectivity index (χ1n) is 7.87. The molecule has 8 nitrogen and oxygen atoms in total. The Hall–Kier alpha value is -2.84. The van der Waals surface area contributed by atoms with Crippen LogP contribution in [0.5, 0.6) is 5.75 Å². The van der Waals surface area contributed by atoms with E-state index in [0.29, 0.717) is 19.1 Å². The Morgan fingerprint density at radius 1 is 1.48 bits per heavy atom. The van der Waals surface area contributed by atoms with E-state index in [1.165, 1.54) is 17.9 Å². The number of benzene rings is 1. The molecule has 1 aliphatic rings. The van der Waals surface area contributed by atoms with Gasteiger partial charge in [-0.15, -0.1) is 5.10 Å². The molecule has 0 radical (unpaired) electrons. The molecule has 1 heterocycles. The number of rotatable bonds is 7. The van der Waals surface area contributed by atoms with Crippen molar-refractivity contribution in [3.8, 4) is 22.9 Å². The second-order valence-electron chi connectivity index (χ2n) is 5.90. The Kier molecular flexibility index (Phi) is 4.95. The van der Waals surface area contributed by atoms with Crippen LogP contribution in [0.1, 0.15) is 12.8 Å². The molecule has 1 aromatic carbocycles. The summed E-state index contributed by atoms with van der Waals surface area (Å²) in [5.41, 5.74) is -1.89. The van der Waals surface area contributed by atoms with Gasteiger partial charge in [-0.3, -0.25) is 4.31 Å². The van der Waals surface area contributed by atoms with Gasteiger partial charge in [0.1, 0.15) is 23.3 Å². The van der Waals surface area contributed by atoms with Crippen molar-refractivity contribution >= 4 is 23.1 Å². The Morgan fingerprint density at radius 3 is 2.74 bits per heavy atom. The molecule has 0 aliphatic heterocycles. The zero-order valence-corrected chi connectivity index (χ0v) is 15.0. The molecule has 2 aromatic rings. The fourth-order valence-electron chi connectivity index (χ4n) is 2.68. The number of phenols is 1. The summed E-state index contributed by atoms with van der Waals surface area (Å²) in [6, 6.07) is 4.31. The van der Waals surface area contributed by atoms with Gasteiger partial charge in [0.05, 0.1) is 18.2 Å². The van der Waals surface area contributed by atoms with Crippen LogP contribution in [0, 0.1) is 23.1 Å². The molecule has 1 aromatic heterocycles. The number of carbonyl (C=O) groups excluding carboxylic acids is 1. The summed E-state index contributed by atoms with van der Waals surface area (Å²) in [6.45, 7) is -0.472. The maximum atomic E-state index is 15.1. The third-order valence-corrected chi connectivity index (χ3v) is 5.37.